The second-order valence-electron chi connectivity index (χ2n) is 5.49. The van der Waals surface area contributed by atoms with Gasteiger partial charge in [0.1, 0.15) is 5.78 Å². The van der Waals surface area contributed by atoms with Gasteiger partial charge in [-0.05, 0) is 36.8 Å². The largest absolute Gasteiger partial charge is 0.299 e. The van der Waals surface area contributed by atoms with Crippen molar-refractivity contribution < 1.29 is 4.79 Å². The number of benzene rings is 1. The maximum Gasteiger partial charge on any atom is 0.140 e. The van der Waals surface area contributed by atoms with Gasteiger partial charge < -0.3 is 0 Å². The van der Waals surface area contributed by atoms with Crippen molar-refractivity contribution in [3.8, 4) is 0 Å². The SMILES string of the molecule is CC(=O)C1(C)CC(C)(C)c2ccccc21. The number of Topliss-reactive ketones (excluding diaryl/α,β-unsaturated/α-hetero) is 1. The molecule has 0 saturated heterocycles. The summed E-state index contributed by atoms with van der Waals surface area (Å²) in [6.45, 7) is 8.22. The summed E-state index contributed by atoms with van der Waals surface area (Å²) in [5.41, 5.74) is 2.40. The molecule has 15 heavy (non-hydrogen) atoms. The molecule has 0 saturated carbocycles. The van der Waals surface area contributed by atoms with Crippen molar-refractivity contribution in [1.29, 1.82) is 0 Å². The summed E-state index contributed by atoms with van der Waals surface area (Å²) in [5, 5.41) is 0. The van der Waals surface area contributed by atoms with Crippen LogP contribution in [0.15, 0.2) is 24.3 Å². The molecule has 1 aromatic rings. The fraction of sp³-hybridized carbons (Fsp3) is 0.500. The van der Waals surface area contributed by atoms with Gasteiger partial charge in [0, 0.05) is 0 Å². The van der Waals surface area contributed by atoms with E-state index in [-0.39, 0.29) is 16.6 Å². The van der Waals surface area contributed by atoms with Crippen molar-refractivity contribution in [3.05, 3.63) is 35.4 Å². The Labute approximate surface area is 91.5 Å². The van der Waals surface area contributed by atoms with Gasteiger partial charge in [0.2, 0.25) is 0 Å². The Bertz CT molecular complexity index is 417. The predicted molar refractivity (Wildman–Crippen MR) is 62.1 cm³/mol. The minimum absolute atomic E-state index is 0.122. The average molecular weight is 202 g/mol. The molecule has 80 valence electrons. The van der Waals surface area contributed by atoms with E-state index in [1.54, 1.807) is 6.92 Å². The monoisotopic (exact) mass is 202 g/mol. The molecule has 1 aliphatic carbocycles. The van der Waals surface area contributed by atoms with Gasteiger partial charge in [-0.25, -0.2) is 0 Å². The molecule has 0 fully saturated rings. The van der Waals surface area contributed by atoms with E-state index in [0.29, 0.717) is 0 Å². The van der Waals surface area contributed by atoms with Crippen molar-refractivity contribution in [3.63, 3.8) is 0 Å². The van der Waals surface area contributed by atoms with Gasteiger partial charge >= 0.3 is 0 Å². The second-order valence-corrected chi connectivity index (χ2v) is 5.49. The molecule has 1 atom stereocenters. The maximum atomic E-state index is 11.8. The smallest absolute Gasteiger partial charge is 0.140 e. The van der Waals surface area contributed by atoms with Crippen molar-refractivity contribution >= 4 is 5.78 Å². The van der Waals surface area contributed by atoms with Crippen LogP contribution in [0.3, 0.4) is 0 Å². The highest BCUT2D eigenvalue weighted by Crippen LogP contribution is 2.49. The standard InChI is InChI=1S/C14H18O/c1-10(15)14(4)9-13(2,3)11-7-5-6-8-12(11)14/h5-8H,9H2,1-4H3. The van der Waals surface area contributed by atoms with E-state index in [1.165, 1.54) is 11.1 Å². The van der Waals surface area contributed by atoms with Gasteiger partial charge in [-0.15, -0.1) is 0 Å². The normalized spacial score (nSPS) is 27.5. The number of fused-ring (bicyclic) bond motifs is 1. The third kappa shape index (κ3) is 1.33. The zero-order valence-corrected chi connectivity index (χ0v) is 9.92. The molecule has 1 nitrogen and oxygen atoms in total. The summed E-state index contributed by atoms with van der Waals surface area (Å²) in [4.78, 5) is 11.8. The van der Waals surface area contributed by atoms with E-state index in [1.807, 2.05) is 6.07 Å². The summed E-state index contributed by atoms with van der Waals surface area (Å²) in [6.07, 6.45) is 0.925. The summed E-state index contributed by atoms with van der Waals surface area (Å²) in [7, 11) is 0. The van der Waals surface area contributed by atoms with E-state index < -0.39 is 0 Å². The predicted octanol–water partition coefficient (Wildman–Crippen LogP) is 3.21. The van der Waals surface area contributed by atoms with Crippen molar-refractivity contribution in [1.82, 2.24) is 0 Å². The summed E-state index contributed by atoms with van der Waals surface area (Å²) < 4.78 is 0. The number of rotatable bonds is 1. The van der Waals surface area contributed by atoms with E-state index in [9.17, 15) is 4.79 Å². The fourth-order valence-electron chi connectivity index (χ4n) is 2.94. The number of hydrogen-bond donors (Lipinski definition) is 0. The first kappa shape index (κ1) is 10.4. The Balaban J connectivity index is 2.66. The molecule has 0 bridgehead atoms. The topological polar surface area (TPSA) is 17.1 Å². The quantitative estimate of drug-likeness (QED) is 0.683. The number of carbonyl (C=O) groups is 1. The molecule has 1 aliphatic rings. The van der Waals surface area contributed by atoms with Crippen LogP contribution in [0.2, 0.25) is 0 Å². The van der Waals surface area contributed by atoms with Crippen LogP contribution in [-0.2, 0) is 15.6 Å². The minimum Gasteiger partial charge on any atom is -0.299 e. The van der Waals surface area contributed by atoms with E-state index in [4.69, 9.17) is 0 Å². The van der Waals surface area contributed by atoms with Crippen LogP contribution >= 0.6 is 0 Å². The van der Waals surface area contributed by atoms with Crippen LogP contribution in [0.4, 0.5) is 0 Å². The van der Waals surface area contributed by atoms with E-state index >= 15 is 0 Å². The van der Waals surface area contributed by atoms with E-state index in [2.05, 4.69) is 39.0 Å². The summed E-state index contributed by atoms with van der Waals surface area (Å²) in [5.74, 6) is 0.278. The lowest BCUT2D eigenvalue weighted by Crippen LogP contribution is -2.29. The molecule has 0 N–H and O–H groups in total. The minimum atomic E-state index is -0.278. The molecule has 0 aromatic heterocycles. The van der Waals surface area contributed by atoms with Crippen molar-refractivity contribution in [2.45, 2.75) is 44.9 Å². The third-order valence-electron chi connectivity index (χ3n) is 3.82. The Morgan fingerprint density at radius 2 is 1.67 bits per heavy atom. The van der Waals surface area contributed by atoms with Gasteiger partial charge in [0.15, 0.2) is 0 Å². The molecule has 0 aliphatic heterocycles. The van der Waals surface area contributed by atoms with Crippen LogP contribution in [0, 0.1) is 0 Å². The van der Waals surface area contributed by atoms with Gasteiger partial charge in [0.05, 0.1) is 5.41 Å². The molecule has 1 heteroatoms. The molecular formula is C14H18O. The maximum absolute atomic E-state index is 11.8. The van der Waals surface area contributed by atoms with Crippen molar-refractivity contribution in [2.75, 3.05) is 0 Å². The average Bonchev–Trinajstić information content (AvgIpc) is 2.37. The zero-order chi connectivity index (χ0) is 11.3. The Morgan fingerprint density at radius 1 is 1.13 bits per heavy atom. The van der Waals surface area contributed by atoms with Gasteiger partial charge in [-0.3, -0.25) is 4.79 Å². The first-order valence-corrected chi connectivity index (χ1v) is 5.49. The molecule has 1 aromatic carbocycles. The van der Waals surface area contributed by atoms with E-state index in [0.717, 1.165) is 6.42 Å². The highest BCUT2D eigenvalue weighted by molar-refractivity contribution is 5.89. The molecule has 0 amide bonds. The lowest BCUT2D eigenvalue weighted by Gasteiger charge is -2.24. The molecule has 2 rings (SSSR count). The number of carbonyl (C=O) groups excluding carboxylic acids is 1. The highest BCUT2D eigenvalue weighted by Gasteiger charge is 2.47. The highest BCUT2D eigenvalue weighted by atomic mass is 16.1. The lowest BCUT2D eigenvalue weighted by atomic mass is 9.77. The zero-order valence-electron chi connectivity index (χ0n) is 9.92. The van der Waals surface area contributed by atoms with Crippen LogP contribution in [0.1, 0.15) is 45.2 Å². The van der Waals surface area contributed by atoms with Gasteiger partial charge in [-0.1, -0.05) is 38.1 Å². The van der Waals surface area contributed by atoms with Crippen LogP contribution in [0.25, 0.3) is 0 Å². The summed E-state index contributed by atoms with van der Waals surface area (Å²) in [6, 6.07) is 8.35. The number of ketones is 1. The fourth-order valence-corrected chi connectivity index (χ4v) is 2.94. The first-order valence-electron chi connectivity index (χ1n) is 5.49. The molecular weight excluding hydrogens is 184 g/mol. The molecule has 0 spiro atoms. The van der Waals surface area contributed by atoms with Gasteiger partial charge in [0.25, 0.3) is 0 Å². The molecule has 1 unspecified atom stereocenters. The first-order chi connectivity index (χ1) is 6.88. The van der Waals surface area contributed by atoms with Crippen LogP contribution in [0.5, 0.6) is 0 Å². The van der Waals surface area contributed by atoms with Gasteiger partial charge in [-0.2, -0.15) is 0 Å². The van der Waals surface area contributed by atoms with Crippen LogP contribution in [-0.4, -0.2) is 5.78 Å². The molecule has 0 heterocycles. The number of hydrogen-bond acceptors (Lipinski definition) is 1. The van der Waals surface area contributed by atoms with Crippen LogP contribution < -0.4 is 0 Å². The Hall–Kier alpha value is -1.11. The Kier molecular flexibility index (Phi) is 2.04. The molecule has 0 radical (unpaired) electrons. The lowest BCUT2D eigenvalue weighted by molar-refractivity contribution is -0.122. The third-order valence-corrected chi connectivity index (χ3v) is 3.82. The van der Waals surface area contributed by atoms with Crippen molar-refractivity contribution in [2.24, 2.45) is 0 Å². The second kappa shape index (κ2) is 2.94. The summed E-state index contributed by atoms with van der Waals surface area (Å²) >= 11 is 0. The Morgan fingerprint density at radius 3 is 2.20 bits per heavy atom.